The van der Waals surface area contributed by atoms with Crippen LogP contribution < -0.4 is 5.32 Å². The molecule has 1 atom stereocenters. The van der Waals surface area contributed by atoms with E-state index in [1.165, 1.54) is 0 Å². The molecule has 1 unspecified atom stereocenters. The smallest absolute Gasteiger partial charge is 0.131 e. The first-order valence-electron chi connectivity index (χ1n) is 4.82. The molecule has 1 fully saturated rings. The number of nitrogens with zero attached hydrogens (tertiary/aromatic N) is 1. The lowest BCUT2D eigenvalue weighted by atomic mass is 10.00. The van der Waals surface area contributed by atoms with Crippen LogP contribution in [0.5, 0.6) is 0 Å². The SMILES string of the molecule is OCC1(Nc2ccnc(Cl)c2)CCOC1. The standard InChI is InChI=1S/C10H13ClN2O2/c11-9-5-8(1-3-12-9)13-10(6-14)2-4-15-7-10/h1,3,5,14H,2,4,6-7H2,(H,12,13). The van der Waals surface area contributed by atoms with Crippen molar-refractivity contribution >= 4 is 17.3 Å². The Bertz CT molecular complexity index is 340. The summed E-state index contributed by atoms with van der Waals surface area (Å²) in [4.78, 5) is 3.89. The van der Waals surface area contributed by atoms with Crippen LogP contribution in [-0.2, 0) is 4.74 Å². The summed E-state index contributed by atoms with van der Waals surface area (Å²) in [6.07, 6.45) is 2.43. The van der Waals surface area contributed by atoms with Crippen LogP contribution in [-0.4, -0.2) is 35.5 Å². The number of pyridine rings is 1. The van der Waals surface area contributed by atoms with Gasteiger partial charge in [-0.3, -0.25) is 0 Å². The highest BCUT2D eigenvalue weighted by Gasteiger charge is 2.34. The highest BCUT2D eigenvalue weighted by atomic mass is 35.5. The minimum atomic E-state index is -0.370. The monoisotopic (exact) mass is 228 g/mol. The molecule has 0 aromatic carbocycles. The van der Waals surface area contributed by atoms with E-state index in [2.05, 4.69) is 10.3 Å². The Morgan fingerprint density at radius 1 is 1.67 bits per heavy atom. The van der Waals surface area contributed by atoms with Gasteiger partial charge in [0.2, 0.25) is 0 Å². The summed E-state index contributed by atoms with van der Waals surface area (Å²) in [6.45, 7) is 1.24. The van der Waals surface area contributed by atoms with E-state index in [4.69, 9.17) is 16.3 Å². The minimum absolute atomic E-state index is 0.0486. The second kappa shape index (κ2) is 4.35. The second-order valence-electron chi connectivity index (χ2n) is 3.73. The third kappa shape index (κ3) is 2.40. The predicted molar refractivity (Wildman–Crippen MR) is 58.1 cm³/mol. The molecule has 4 nitrogen and oxygen atoms in total. The van der Waals surface area contributed by atoms with Crippen LogP contribution in [0.15, 0.2) is 18.3 Å². The van der Waals surface area contributed by atoms with Crippen molar-refractivity contribution in [2.24, 2.45) is 0 Å². The van der Waals surface area contributed by atoms with Gasteiger partial charge in [0.15, 0.2) is 0 Å². The maximum atomic E-state index is 9.36. The number of rotatable bonds is 3. The molecule has 2 N–H and O–H groups in total. The number of halogens is 1. The Kier molecular flexibility index (Phi) is 3.09. The summed E-state index contributed by atoms with van der Waals surface area (Å²) >= 11 is 5.77. The number of anilines is 1. The van der Waals surface area contributed by atoms with Gasteiger partial charge < -0.3 is 15.2 Å². The normalized spacial score (nSPS) is 25.5. The van der Waals surface area contributed by atoms with Crippen molar-refractivity contribution in [2.75, 3.05) is 25.1 Å². The van der Waals surface area contributed by atoms with Crippen molar-refractivity contribution in [3.63, 3.8) is 0 Å². The van der Waals surface area contributed by atoms with Gasteiger partial charge in [-0.1, -0.05) is 11.6 Å². The van der Waals surface area contributed by atoms with Gasteiger partial charge in [-0.15, -0.1) is 0 Å². The van der Waals surface area contributed by atoms with Gasteiger partial charge in [-0.05, 0) is 18.6 Å². The molecule has 0 radical (unpaired) electrons. The maximum absolute atomic E-state index is 9.36. The van der Waals surface area contributed by atoms with Crippen LogP contribution >= 0.6 is 11.6 Å². The molecule has 15 heavy (non-hydrogen) atoms. The van der Waals surface area contributed by atoms with Gasteiger partial charge >= 0.3 is 0 Å². The number of ether oxygens (including phenoxy) is 1. The predicted octanol–water partition coefficient (Wildman–Crippen LogP) is 1.30. The Morgan fingerprint density at radius 2 is 2.53 bits per heavy atom. The summed E-state index contributed by atoms with van der Waals surface area (Å²) in [5.74, 6) is 0. The Hall–Kier alpha value is -0.840. The van der Waals surface area contributed by atoms with Crippen molar-refractivity contribution in [2.45, 2.75) is 12.0 Å². The van der Waals surface area contributed by atoms with Crippen molar-refractivity contribution in [1.29, 1.82) is 0 Å². The lowest BCUT2D eigenvalue weighted by molar-refractivity contribution is 0.152. The third-order valence-corrected chi connectivity index (χ3v) is 2.75. The molecular weight excluding hydrogens is 216 g/mol. The van der Waals surface area contributed by atoms with Gasteiger partial charge in [-0.2, -0.15) is 0 Å². The number of aliphatic hydroxyl groups is 1. The fraction of sp³-hybridized carbons (Fsp3) is 0.500. The van der Waals surface area contributed by atoms with Crippen LogP contribution in [0.4, 0.5) is 5.69 Å². The van der Waals surface area contributed by atoms with Crippen LogP contribution in [0, 0.1) is 0 Å². The van der Waals surface area contributed by atoms with E-state index in [1.807, 2.05) is 6.07 Å². The number of nitrogens with one attached hydrogen (secondary N) is 1. The first-order valence-corrected chi connectivity index (χ1v) is 5.20. The number of aromatic nitrogens is 1. The molecule has 2 rings (SSSR count). The van der Waals surface area contributed by atoms with E-state index in [1.54, 1.807) is 12.3 Å². The Morgan fingerprint density at radius 3 is 3.13 bits per heavy atom. The van der Waals surface area contributed by atoms with Gasteiger partial charge in [0.1, 0.15) is 5.15 Å². The molecule has 0 spiro atoms. The van der Waals surface area contributed by atoms with Crippen molar-refractivity contribution in [3.05, 3.63) is 23.5 Å². The Labute approximate surface area is 93.2 Å². The van der Waals surface area contributed by atoms with E-state index in [0.717, 1.165) is 12.1 Å². The molecular formula is C10H13ClN2O2. The summed E-state index contributed by atoms with van der Waals surface area (Å²) in [5.41, 5.74) is 0.486. The van der Waals surface area contributed by atoms with Crippen molar-refractivity contribution in [1.82, 2.24) is 4.98 Å². The lowest BCUT2D eigenvalue weighted by Crippen LogP contribution is -2.42. The molecule has 82 valence electrons. The zero-order valence-corrected chi connectivity index (χ0v) is 9.00. The number of hydrogen-bond acceptors (Lipinski definition) is 4. The van der Waals surface area contributed by atoms with Crippen LogP contribution in [0.25, 0.3) is 0 Å². The van der Waals surface area contributed by atoms with Crippen LogP contribution in [0.2, 0.25) is 5.15 Å². The number of aliphatic hydroxyl groups excluding tert-OH is 1. The molecule has 1 aromatic heterocycles. The molecule has 1 aliphatic heterocycles. The molecule has 0 saturated carbocycles. The fourth-order valence-corrected chi connectivity index (χ4v) is 1.83. The maximum Gasteiger partial charge on any atom is 0.131 e. The summed E-state index contributed by atoms with van der Waals surface area (Å²) in [5, 5.41) is 13.0. The highest BCUT2D eigenvalue weighted by molar-refractivity contribution is 6.29. The van der Waals surface area contributed by atoms with Gasteiger partial charge in [0.25, 0.3) is 0 Å². The quantitative estimate of drug-likeness (QED) is 0.766. The molecule has 0 amide bonds. The van der Waals surface area contributed by atoms with E-state index in [-0.39, 0.29) is 12.1 Å². The minimum Gasteiger partial charge on any atom is -0.394 e. The summed E-state index contributed by atoms with van der Waals surface area (Å²) in [7, 11) is 0. The van der Waals surface area contributed by atoms with Crippen molar-refractivity contribution in [3.8, 4) is 0 Å². The summed E-state index contributed by atoms with van der Waals surface area (Å²) in [6, 6.07) is 3.55. The average Bonchev–Trinajstić information content (AvgIpc) is 2.67. The highest BCUT2D eigenvalue weighted by Crippen LogP contribution is 2.24. The largest absolute Gasteiger partial charge is 0.394 e. The molecule has 1 saturated heterocycles. The second-order valence-corrected chi connectivity index (χ2v) is 4.12. The molecule has 5 heteroatoms. The van der Waals surface area contributed by atoms with Gasteiger partial charge in [0.05, 0.1) is 18.8 Å². The lowest BCUT2D eigenvalue weighted by Gasteiger charge is -2.27. The molecule has 1 aliphatic rings. The fourth-order valence-electron chi connectivity index (χ4n) is 1.66. The third-order valence-electron chi connectivity index (χ3n) is 2.54. The van der Waals surface area contributed by atoms with E-state index in [9.17, 15) is 5.11 Å². The Balaban J connectivity index is 2.12. The zero-order chi connectivity index (χ0) is 10.7. The zero-order valence-electron chi connectivity index (χ0n) is 8.24. The first-order chi connectivity index (χ1) is 7.24. The first kappa shape index (κ1) is 10.7. The molecule has 2 heterocycles. The van der Waals surface area contributed by atoms with E-state index >= 15 is 0 Å². The van der Waals surface area contributed by atoms with Gasteiger partial charge in [0, 0.05) is 18.5 Å². The molecule has 0 aliphatic carbocycles. The van der Waals surface area contributed by atoms with Crippen molar-refractivity contribution < 1.29 is 9.84 Å². The van der Waals surface area contributed by atoms with Crippen LogP contribution in [0.1, 0.15) is 6.42 Å². The van der Waals surface area contributed by atoms with Gasteiger partial charge in [-0.25, -0.2) is 4.98 Å². The number of hydrogen-bond donors (Lipinski definition) is 2. The summed E-state index contributed by atoms with van der Waals surface area (Å²) < 4.78 is 5.28. The molecule has 0 bridgehead atoms. The van der Waals surface area contributed by atoms with Crippen LogP contribution in [0.3, 0.4) is 0 Å². The average molecular weight is 229 g/mol. The molecule has 1 aromatic rings. The topological polar surface area (TPSA) is 54.4 Å². The van der Waals surface area contributed by atoms with E-state index in [0.29, 0.717) is 18.4 Å². The van der Waals surface area contributed by atoms with E-state index < -0.39 is 0 Å².